The number of hydrogen-bond donors (Lipinski definition) is 4. The van der Waals surface area contributed by atoms with Crippen LogP contribution in [0.5, 0.6) is 0 Å². The minimum atomic E-state index is -1.40. The average molecular weight is 432 g/mol. The van der Waals surface area contributed by atoms with Crippen molar-refractivity contribution < 1.29 is 29.7 Å². The van der Waals surface area contributed by atoms with Crippen LogP contribution in [-0.2, 0) is 14.4 Å². The van der Waals surface area contributed by atoms with Crippen LogP contribution in [0.25, 0.3) is 0 Å². The smallest absolute Gasteiger partial charge is 0.328 e. The molecule has 0 radical (unpaired) electrons. The fourth-order valence-corrected chi connectivity index (χ4v) is 5.98. The molecule has 0 bridgehead atoms. The SMILES string of the molecule is C=C1CCC[C@H]2[C@](C)(CC3=C(O)C(N[C@@H](CO)C(=O)O)=CC(=O)C3=O)[C@@H](C)CC[C@]12C. The van der Waals surface area contributed by atoms with Gasteiger partial charge in [0.2, 0.25) is 11.6 Å². The quantitative estimate of drug-likeness (QED) is 0.289. The van der Waals surface area contributed by atoms with Crippen molar-refractivity contribution in [2.75, 3.05) is 6.61 Å². The van der Waals surface area contributed by atoms with Crippen LogP contribution in [0.4, 0.5) is 0 Å². The molecule has 0 aromatic rings. The van der Waals surface area contributed by atoms with Crippen molar-refractivity contribution in [2.45, 2.75) is 65.3 Å². The third-order valence-corrected chi connectivity index (χ3v) is 8.25. The number of aliphatic carboxylic acids is 1. The Hall–Kier alpha value is -2.41. The zero-order chi connectivity index (χ0) is 23.1. The predicted octanol–water partition coefficient (Wildman–Crippen LogP) is 3.06. The van der Waals surface area contributed by atoms with Crippen LogP contribution in [0.15, 0.2) is 35.3 Å². The van der Waals surface area contributed by atoms with E-state index in [2.05, 4.69) is 32.7 Å². The number of allylic oxidation sites excluding steroid dienone is 3. The number of aliphatic hydroxyl groups is 2. The monoisotopic (exact) mass is 431 g/mol. The Morgan fingerprint density at radius 3 is 2.61 bits per heavy atom. The maximum atomic E-state index is 12.8. The summed E-state index contributed by atoms with van der Waals surface area (Å²) in [5.41, 5.74) is 0.748. The van der Waals surface area contributed by atoms with E-state index in [4.69, 9.17) is 0 Å². The summed E-state index contributed by atoms with van der Waals surface area (Å²) in [6, 6.07) is -1.40. The summed E-state index contributed by atoms with van der Waals surface area (Å²) >= 11 is 0. The largest absolute Gasteiger partial charge is 0.505 e. The number of Topliss-reactive ketones (excluding diaryl/α,β-unsaturated/α-hetero) is 1. The Balaban J connectivity index is 1.99. The molecule has 0 amide bonds. The van der Waals surface area contributed by atoms with Gasteiger partial charge in [0.25, 0.3) is 0 Å². The molecule has 3 aliphatic rings. The van der Waals surface area contributed by atoms with Gasteiger partial charge in [-0.1, -0.05) is 32.9 Å². The lowest BCUT2D eigenvalue weighted by molar-refractivity contribution is -0.140. The fourth-order valence-electron chi connectivity index (χ4n) is 5.98. The van der Waals surface area contributed by atoms with E-state index in [0.717, 1.165) is 38.2 Å². The molecular weight excluding hydrogens is 398 g/mol. The summed E-state index contributed by atoms with van der Waals surface area (Å²) in [6.45, 7) is 10.2. The van der Waals surface area contributed by atoms with Gasteiger partial charge in [0.15, 0.2) is 0 Å². The average Bonchev–Trinajstić information content (AvgIpc) is 2.71. The number of nitrogens with one attached hydrogen (secondary N) is 1. The number of aliphatic hydroxyl groups excluding tert-OH is 2. The van der Waals surface area contributed by atoms with E-state index in [1.165, 1.54) is 5.57 Å². The molecule has 7 nitrogen and oxygen atoms in total. The molecule has 2 saturated carbocycles. The van der Waals surface area contributed by atoms with Gasteiger partial charge in [0.1, 0.15) is 11.8 Å². The molecule has 0 aromatic heterocycles. The predicted molar refractivity (Wildman–Crippen MR) is 115 cm³/mol. The van der Waals surface area contributed by atoms with Gasteiger partial charge in [0.05, 0.1) is 12.3 Å². The Labute approximate surface area is 182 Å². The molecule has 0 heterocycles. The minimum Gasteiger partial charge on any atom is -0.505 e. The van der Waals surface area contributed by atoms with E-state index < -0.39 is 35.9 Å². The fraction of sp³-hybridized carbons (Fsp3) is 0.625. The van der Waals surface area contributed by atoms with Crippen LogP contribution in [0.2, 0.25) is 0 Å². The maximum Gasteiger partial charge on any atom is 0.328 e. The zero-order valence-electron chi connectivity index (χ0n) is 18.5. The Morgan fingerprint density at radius 1 is 1.32 bits per heavy atom. The van der Waals surface area contributed by atoms with E-state index >= 15 is 0 Å². The molecule has 31 heavy (non-hydrogen) atoms. The summed E-state index contributed by atoms with van der Waals surface area (Å²) in [4.78, 5) is 36.4. The Morgan fingerprint density at radius 2 is 2.00 bits per heavy atom. The van der Waals surface area contributed by atoms with Gasteiger partial charge < -0.3 is 20.6 Å². The van der Waals surface area contributed by atoms with Crippen LogP contribution < -0.4 is 5.32 Å². The molecule has 2 fully saturated rings. The summed E-state index contributed by atoms with van der Waals surface area (Å²) in [7, 11) is 0. The molecule has 0 aliphatic heterocycles. The number of hydrogen-bond acceptors (Lipinski definition) is 6. The van der Waals surface area contributed by atoms with Gasteiger partial charge in [-0.05, 0) is 61.2 Å². The molecule has 7 heteroatoms. The van der Waals surface area contributed by atoms with Crippen LogP contribution in [0.1, 0.15) is 59.3 Å². The number of ketones is 2. The molecule has 0 saturated heterocycles. The number of carbonyl (C=O) groups excluding carboxylic acids is 2. The lowest BCUT2D eigenvalue weighted by Crippen LogP contribution is -2.51. The van der Waals surface area contributed by atoms with Crippen molar-refractivity contribution in [1.29, 1.82) is 0 Å². The van der Waals surface area contributed by atoms with E-state index in [-0.39, 0.29) is 40.4 Å². The zero-order valence-corrected chi connectivity index (χ0v) is 18.5. The number of rotatable bonds is 6. The number of carboxylic acids is 1. The molecule has 0 unspecified atom stereocenters. The summed E-state index contributed by atoms with van der Waals surface area (Å²) < 4.78 is 0. The van der Waals surface area contributed by atoms with Gasteiger partial charge in [-0.25, -0.2) is 4.79 Å². The lowest BCUT2D eigenvalue weighted by Gasteiger charge is -2.59. The van der Waals surface area contributed by atoms with Gasteiger partial charge in [-0.3, -0.25) is 9.59 Å². The molecule has 3 aliphatic carbocycles. The van der Waals surface area contributed by atoms with E-state index in [9.17, 15) is 29.7 Å². The van der Waals surface area contributed by atoms with Crippen LogP contribution in [0, 0.1) is 22.7 Å². The Bertz CT molecular complexity index is 887. The number of fused-ring (bicyclic) bond motifs is 1. The maximum absolute atomic E-state index is 12.8. The van der Waals surface area contributed by atoms with Crippen LogP contribution in [-0.4, -0.2) is 45.5 Å². The first kappa shape index (κ1) is 23.3. The lowest BCUT2D eigenvalue weighted by atomic mass is 9.46. The van der Waals surface area contributed by atoms with Crippen LogP contribution >= 0.6 is 0 Å². The van der Waals surface area contributed by atoms with Crippen molar-refractivity contribution in [1.82, 2.24) is 5.32 Å². The highest BCUT2D eigenvalue weighted by Crippen LogP contribution is 2.63. The first-order chi connectivity index (χ1) is 14.5. The second-order valence-corrected chi connectivity index (χ2v) is 9.88. The first-order valence-corrected chi connectivity index (χ1v) is 11.0. The van der Waals surface area contributed by atoms with Crippen molar-refractivity contribution in [3.8, 4) is 0 Å². The number of carbonyl (C=O) groups is 3. The van der Waals surface area contributed by atoms with E-state index in [0.29, 0.717) is 0 Å². The van der Waals surface area contributed by atoms with E-state index in [1.54, 1.807) is 0 Å². The van der Waals surface area contributed by atoms with Gasteiger partial charge in [-0.2, -0.15) is 0 Å². The molecule has 5 atom stereocenters. The van der Waals surface area contributed by atoms with Crippen molar-refractivity contribution >= 4 is 17.5 Å². The number of carboxylic acid groups (broad SMARTS) is 1. The van der Waals surface area contributed by atoms with Crippen molar-refractivity contribution in [3.05, 3.63) is 35.3 Å². The van der Waals surface area contributed by atoms with Crippen LogP contribution in [0.3, 0.4) is 0 Å². The second-order valence-electron chi connectivity index (χ2n) is 9.88. The van der Waals surface area contributed by atoms with Crippen molar-refractivity contribution in [3.63, 3.8) is 0 Å². The standard InChI is InChI=1S/C24H33NO6/c1-13-6-5-7-19-23(13,3)9-8-14(2)24(19,4)11-15-20(28)16(10-18(27)21(15)29)25-17(12-26)22(30)31/h10,14,17,19,25-26,28H,1,5-9,11-12H2,2-4H3,(H,30,31)/t14-,17-,19+,23+,24+/m0/s1. The molecule has 0 spiro atoms. The van der Waals surface area contributed by atoms with Gasteiger partial charge in [-0.15, -0.1) is 0 Å². The normalized spacial score (nSPS) is 34.8. The molecule has 4 N–H and O–H groups in total. The third-order valence-electron chi connectivity index (χ3n) is 8.25. The summed E-state index contributed by atoms with van der Waals surface area (Å²) in [5.74, 6) is -2.76. The highest BCUT2D eigenvalue weighted by Gasteiger charge is 2.55. The minimum absolute atomic E-state index is 0.0202. The van der Waals surface area contributed by atoms with Crippen molar-refractivity contribution in [2.24, 2.45) is 22.7 Å². The molecular formula is C24H33NO6. The summed E-state index contributed by atoms with van der Waals surface area (Å²) in [5, 5.41) is 31.8. The highest BCUT2D eigenvalue weighted by atomic mass is 16.4. The van der Waals surface area contributed by atoms with Gasteiger partial charge >= 0.3 is 5.97 Å². The molecule has 3 rings (SSSR count). The van der Waals surface area contributed by atoms with Gasteiger partial charge in [0, 0.05) is 11.6 Å². The molecule has 0 aromatic carbocycles. The molecule has 170 valence electrons. The van der Waals surface area contributed by atoms with E-state index in [1.807, 2.05) is 0 Å². The summed E-state index contributed by atoms with van der Waals surface area (Å²) in [6.07, 6.45) is 6.17. The Kier molecular flexibility index (Phi) is 6.20. The topological polar surface area (TPSA) is 124 Å². The highest BCUT2D eigenvalue weighted by molar-refractivity contribution is 6.48. The second kappa shape index (κ2) is 8.26. The first-order valence-electron chi connectivity index (χ1n) is 11.0. The third kappa shape index (κ3) is 3.84.